The molecule has 1 aromatic rings. The maximum Gasteiger partial charge on any atom is 0.274 e. The highest BCUT2D eigenvalue weighted by Gasteiger charge is 2.39. The highest BCUT2D eigenvalue weighted by atomic mass is 35.5. The molecule has 0 aliphatic carbocycles. The maximum atomic E-state index is 12.8. The molecule has 3 heterocycles. The van der Waals surface area contributed by atoms with Gasteiger partial charge in [-0.25, -0.2) is 9.97 Å². The first-order valence-electron chi connectivity index (χ1n) is 8.20. The fourth-order valence-electron chi connectivity index (χ4n) is 3.50. The largest absolute Gasteiger partial charge is 0.379 e. The van der Waals surface area contributed by atoms with E-state index in [1.165, 1.54) is 6.20 Å². The predicted octanol–water partition coefficient (Wildman–Crippen LogP) is 1.62. The second-order valence-electron chi connectivity index (χ2n) is 6.21. The minimum absolute atomic E-state index is 0.0882. The van der Waals surface area contributed by atoms with E-state index in [0.717, 1.165) is 45.8 Å². The van der Waals surface area contributed by atoms with E-state index in [0.29, 0.717) is 28.5 Å². The number of hydrogen-bond donors (Lipinski definition) is 0. The Balaban J connectivity index is 1.75. The van der Waals surface area contributed by atoms with Crippen molar-refractivity contribution in [1.29, 1.82) is 0 Å². The molecule has 0 spiro atoms. The minimum atomic E-state index is -0.0882. The molecule has 0 radical (unpaired) electrons. The second kappa shape index (κ2) is 7.11. The van der Waals surface area contributed by atoms with Crippen molar-refractivity contribution in [2.75, 3.05) is 39.4 Å². The molecule has 0 N–H and O–H groups in total. The van der Waals surface area contributed by atoms with Crippen LogP contribution in [-0.2, 0) is 4.74 Å². The number of likely N-dealkylation sites (tertiary alicyclic amines) is 1. The van der Waals surface area contributed by atoms with Crippen LogP contribution in [0, 0.1) is 12.8 Å². The summed E-state index contributed by atoms with van der Waals surface area (Å²) in [5.41, 5.74) is 0.316. The zero-order valence-corrected chi connectivity index (χ0v) is 14.4. The van der Waals surface area contributed by atoms with Crippen LogP contribution in [0.1, 0.15) is 29.7 Å². The smallest absolute Gasteiger partial charge is 0.274 e. The van der Waals surface area contributed by atoms with Gasteiger partial charge in [-0.1, -0.05) is 24.9 Å². The van der Waals surface area contributed by atoms with E-state index >= 15 is 0 Å². The molecule has 3 rings (SSSR count). The monoisotopic (exact) mass is 338 g/mol. The van der Waals surface area contributed by atoms with Gasteiger partial charge in [-0.05, 0) is 12.8 Å². The van der Waals surface area contributed by atoms with Gasteiger partial charge in [-0.2, -0.15) is 0 Å². The lowest BCUT2D eigenvalue weighted by Crippen LogP contribution is -2.47. The molecule has 2 aliphatic rings. The molecule has 126 valence electrons. The van der Waals surface area contributed by atoms with E-state index in [9.17, 15) is 4.79 Å². The summed E-state index contributed by atoms with van der Waals surface area (Å²) in [6, 6.07) is 0.398. The molecule has 7 heteroatoms. The first kappa shape index (κ1) is 16.6. The summed E-state index contributed by atoms with van der Waals surface area (Å²) >= 11 is 6.13. The van der Waals surface area contributed by atoms with Crippen LogP contribution in [0.15, 0.2) is 6.20 Å². The first-order chi connectivity index (χ1) is 11.1. The normalized spacial score (nSPS) is 25.8. The third kappa shape index (κ3) is 3.49. The summed E-state index contributed by atoms with van der Waals surface area (Å²) in [4.78, 5) is 25.4. The van der Waals surface area contributed by atoms with E-state index in [1.807, 2.05) is 4.90 Å². The third-order valence-corrected chi connectivity index (χ3v) is 5.08. The number of ether oxygens (including phenoxy) is 1. The SMILES string of the molecule is CC[C@H]1CN(C(=O)c2nc(C)ncc2Cl)C[C@H]1N1CCOCC1. The van der Waals surface area contributed by atoms with Crippen molar-refractivity contribution in [3.05, 3.63) is 22.7 Å². The van der Waals surface area contributed by atoms with Crippen molar-refractivity contribution >= 4 is 17.5 Å². The zero-order valence-electron chi connectivity index (χ0n) is 13.7. The molecular formula is C16H23ClN4O2. The Morgan fingerprint density at radius 3 is 2.83 bits per heavy atom. The maximum absolute atomic E-state index is 12.8. The Morgan fingerprint density at radius 2 is 2.13 bits per heavy atom. The Kier molecular flexibility index (Phi) is 5.14. The zero-order chi connectivity index (χ0) is 16.4. The summed E-state index contributed by atoms with van der Waals surface area (Å²) in [7, 11) is 0. The molecular weight excluding hydrogens is 316 g/mol. The highest BCUT2D eigenvalue weighted by molar-refractivity contribution is 6.33. The van der Waals surface area contributed by atoms with Gasteiger partial charge in [0.05, 0.1) is 24.4 Å². The lowest BCUT2D eigenvalue weighted by Gasteiger charge is -2.34. The van der Waals surface area contributed by atoms with Crippen LogP contribution in [0.3, 0.4) is 0 Å². The molecule has 2 saturated heterocycles. The third-order valence-electron chi connectivity index (χ3n) is 4.80. The lowest BCUT2D eigenvalue weighted by atomic mass is 9.99. The molecule has 2 aliphatic heterocycles. The van der Waals surface area contributed by atoms with E-state index < -0.39 is 0 Å². The van der Waals surface area contributed by atoms with Crippen molar-refractivity contribution < 1.29 is 9.53 Å². The van der Waals surface area contributed by atoms with Crippen LogP contribution >= 0.6 is 11.6 Å². The van der Waals surface area contributed by atoms with Gasteiger partial charge in [-0.15, -0.1) is 0 Å². The molecule has 0 saturated carbocycles. The van der Waals surface area contributed by atoms with Crippen LogP contribution < -0.4 is 0 Å². The molecule has 1 aromatic heterocycles. The number of rotatable bonds is 3. The van der Waals surface area contributed by atoms with Crippen molar-refractivity contribution in [3.63, 3.8) is 0 Å². The number of morpholine rings is 1. The minimum Gasteiger partial charge on any atom is -0.379 e. The van der Waals surface area contributed by atoms with Crippen molar-refractivity contribution in [3.8, 4) is 0 Å². The average molecular weight is 339 g/mol. The molecule has 2 atom stereocenters. The summed E-state index contributed by atoms with van der Waals surface area (Å²) < 4.78 is 5.44. The van der Waals surface area contributed by atoms with Gasteiger partial charge in [0, 0.05) is 32.2 Å². The lowest BCUT2D eigenvalue weighted by molar-refractivity contribution is 0.0102. The summed E-state index contributed by atoms with van der Waals surface area (Å²) in [5.74, 6) is 0.960. The quantitative estimate of drug-likeness (QED) is 0.838. The van der Waals surface area contributed by atoms with Crippen LogP contribution in [-0.4, -0.2) is 71.1 Å². The van der Waals surface area contributed by atoms with E-state index in [-0.39, 0.29) is 5.91 Å². The van der Waals surface area contributed by atoms with E-state index in [4.69, 9.17) is 16.3 Å². The van der Waals surface area contributed by atoms with Crippen LogP contribution in [0.4, 0.5) is 0 Å². The predicted molar refractivity (Wildman–Crippen MR) is 87.6 cm³/mol. The number of amides is 1. The Morgan fingerprint density at radius 1 is 1.39 bits per heavy atom. The summed E-state index contributed by atoms with van der Waals surface area (Å²) in [6.07, 6.45) is 2.56. The van der Waals surface area contributed by atoms with Crippen LogP contribution in [0.2, 0.25) is 5.02 Å². The van der Waals surface area contributed by atoms with Crippen molar-refractivity contribution in [2.45, 2.75) is 26.3 Å². The molecule has 23 heavy (non-hydrogen) atoms. The Hall–Kier alpha value is -1.24. The van der Waals surface area contributed by atoms with Gasteiger partial charge in [-0.3, -0.25) is 9.69 Å². The van der Waals surface area contributed by atoms with Crippen molar-refractivity contribution in [2.24, 2.45) is 5.92 Å². The van der Waals surface area contributed by atoms with Gasteiger partial charge in [0.25, 0.3) is 5.91 Å². The topological polar surface area (TPSA) is 58.6 Å². The summed E-state index contributed by atoms with van der Waals surface area (Å²) in [6.45, 7) is 8.88. The van der Waals surface area contributed by atoms with Gasteiger partial charge in [0.2, 0.25) is 0 Å². The van der Waals surface area contributed by atoms with Gasteiger partial charge in [0.1, 0.15) is 5.82 Å². The molecule has 1 amide bonds. The number of carbonyl (C=O) groups is 1. The van der Waals surface area contributed by atoms with Gasteiger partial charge < -0.3 is 9.64 Å². The molecule has 6 nitrogen and oxygen atoms in total. The van der Waals surface area contributed by atoms with E-state index in [2.05, 4.69) is 21.8 Å². The van der Waals surface area contributed by atoms with Gasteiger partial charge in [0.15, 0.2) is 5.69 Å². The number of hydrogen-bond acceptors (Lipinski definition) is 5. The fourth-order valence-corrected chi connectivity index (χ4v) is 3.67. The van der Waals surface area contributed by atoms with Crippen LogP contribution in [0.25, 0.3) is 0 Å². The number of aryl methyl sites for hydroxylation is 1. The number of halogens is 1. The number of carbonyl (C=O) groups excluding carboxylic acids is 1. The summed E-state index contributed by atoms with van der Waals surface area (Å²) in [5, 5.41) is 0.323. The number of aromatic nitrogens is 2. The number of nitrogens with zero attached hydrogens (tertiary/aromatic N) is 4. The average Bonchev–Trinajstić information content (AvgIpc) is 3.01. The first-order valence-corrected chi connectivity index (χ1v) is 8.58. The molecule has 2 fully saturated rings. The van der Waals surface area contributed by atoms with Crippen LogP contribution in [0.5, 0.6) is 0 Å². The fraction of sp³-hybridized carbons (Fsp3) is 0.688. The standard InChI is InChI=1S/C16H23ClN4O2/c1-3-12-9-21(10-14(12)20-4-6-23-7-5-20)16(22)15-13(17)8-18-11(2)19-15/h8,12,14H,3-7,9-10H2,1-2H3/t12-,14+/m0/s1. The van der Waals surface area contributed by atoms with Crippen molar-refractivity contribution in [1.82, 2.24) is 19.8 Å². The molecule has 0 bridgehead atoms. The molecule has 0 aromatic carbocycles. The van der Waals surface area contributed by atoms with E-state index in [1.54, 1.807) is 6.92 Å². The Bertz CT molecular complexity index is 577. The molecule has 0 unspecified atom stereocenters. The second-order valence-corrected chi connectivity index (χ2v) is 6.62. The van der Waals surface area contributed by atoms with Gasteiger partial charge >= 0.3 is 0 Å². The Labute approximate surface area is 141 Å². The highest BCUT2D eigenvalue weighted by Crippen LogP contribution is 2.27.